The summed E-state index contributed by atoms with van der Waals surface area (Å²) in [5, 5.41) is 7.43. The highest BCUT2D eigenvalue weighted by Crippen LogP contribution is 2.38. The Labute approximate surface area is 257 Å². The molecule has 3 heterocycles. The lowest BCUT2D eigenvalue weighted by Crippen LogP contribution is -2.43. The summed E-state index contributed by atoms with van der Waals surface area (Å²) >= 11 is 1.85. The highest BCUT2D eigenvalue weighted by molar-refractivity contribution is 8.00. The Balaban J connectivity index is 1.07. The molecule has 3 aromatic rings. The molecule has 1 saturated carbocycles. The van der Waals surface area contributed by atoms with Crippen molar-refractivity contribution in [2.45, 2.75) is 82.2 Å². The third-order valence-electron chi connectivity index (χ3n) is 8.86. The lowest BCUT2D eigenvalue weighted by Gasteiger charge is -2.23. The number of carbonyl (C=O) groups excluding carboxylic acids is 1. The van der Waals surface area contributed by atoms with Crippen LogP contribution in [-0.2, 0) is 4.79 Å². The number of benzene rings is 1. The number of amides is 1. The van der Waals surface area contributed by atoms with Crippen molar-refractivity contribution >= 4 is 40.3 Å². The van der Waals surface area contributed by atoms with Crippen LogP contribution in [0.25, 0.3) is 11.0 Å². The van der Waals surface area contributed by atoms with Crippen LogP contribution in [0.4, 0.5) is 11.6 Å². The van der Waals surface area contributed by atoms with E-state index in [1.165, 1.54) is 6.42 Å². The molecular weight excluding hydrogens is 562 g/mol. The molecule has 232 valence electrons. The fraction of sp³-hybridized carbons (Fsp3) is 0.562. The summed E-state index contributed by atoms with van der Waals surface area (Å²) < 4.78 is 7.64. The van der Waals surface area contributed by atoms with E-state index in [-0.39, 0.29) is 29.6 Å². The van der Waals surface area contributed by atoms with Crippen molar-refractivity contribution in [1.29, 1.82) is 0 Å². The van der Waals surface area contributed by atoms with Gasteiger partial charge in [-0.2, -0.15) is 16.7 Å². The van der Waals surface area contributed by atoms with Gasteiger partial charge in [-0.1, -0.05) is 19.8 Å². The number of unbranched alkanes of at least 4 members (excludes halogenated alkanes) is 1. The second-order valence-electron chi connectivity index (χ2n) is 12.1. The van der Waals surface area contributed by atoms with Crippen molar-refractivity contribution in [3.63, 3.8) is 0 Å². The molecule has 0 bridgehead atoms. The molecule has 0 radical (unpaired) electrons. The van der Waals surface area contributed by atoms with Crippen LogP contribution in [-0.4, -0.2) is 56.7 Å². The molecule has 1 aliphatic carbocycles. The van der Waals surface area contributed by atoms with Crippen LogP contribution in [0.1, 0.15) is 64.8 Å². The molecule has 2 aliphatic rings. The average molecular weight is 608 g/mol. The predicted octanol–water partition coefficient (Wildman–Crippen LogP) is 4.36. The van der Waals surface area contributed by atoms with Crippen molar-refractivity contribution in [3.8, 4) is 5.75 Å². The fourth-order valence-electron chi connectivity index (χ4n) is 6.24. The number of carbonyl (C=O) groups is 1. The Morgan fingerprint density at radius 1 is 1.16 bits per heavy atom. The number of nitrogens with one attached hydrogen (secondary N) is 2. The lowest BCUT2D eigenvalue weighted by molar-refractivity contribution is -0.121. The van der Waals surface area contributed by atoms with Gasteiger partial charge in [0.2, 0.25) is 11.9 Å². The van der Waals surface area contributed by atoms with Gasteiger partial charge in [0, 0.05) is 58.9 Å². The number of rotatable bonds is 13. The van der Waals surface area contributed by atoms with E-state index >= 15 is 0 Å². The predicted molar refractivity (Wildman–Crippen MR) is 174 cm³/mol. The van der Waals surface area contributed by atoms with Gasteiger partial charge in [-0.05, 0) is 74.8 Å². The smallest absolute Gasteiger partial charge is 0.252 e. The summed E-state index contributed by atoms with van der Waals surface area (Å²) in [4.78, 5) is 34.3. The molecule has 2 aromatic heterocycles. The number of pyridine rings is 1. The highest BCUT2D eigenvalue weighted by atomic mass is 32.2. The second-order valence-corrected chi connectivity index (χ2v) is 13.4. The number of anilines is 2. The highest BCUT2D eigenvalue weighted by Gasteiger charge is 2.31. The molecule has 6 unspecified atom stereocenters. The van der Waals surface area contributed by atoms with Crippen molar-refractivity contribution in [3.05, 3.63) is 52.9 Å². The topological polar surface area (TPSA) is 150 Å². The minimum Gasteiger partial charge on any atom is -0.492 e. The van der Waals surface area contributed by atoms with Gasteiger partial charge < -0.3 is 26.8 Å². The molecule has 43 heavy (non-hydrogen) atoms. The molecule has 6 atom stereocenters. The normalized spacial score (nSPS) is 24.2. The summed E-state index contributed by atoms with van der Waals surface area (Å²) in [6.07, 6.45) is 8.57. The van der Waals surface area contributed by atoms with Crippen LogP contribution in [0.15, 0.2) is 47.4 Å². The molecule has 1 aromatic carbocycles. The summed E-state index contributed by atoms with van der Waals surface area (Å²) in [5.41, 5.74) is 13.5. The van der Waals surface area contributed by atoms with Gasteiger partial charge in [0.1, 0.15) is 18.0 Å². The molecular formula is C32H45N7O3S. The third-order valence-corrected chi connectivity index (χ3v) is 10.4. The first-order chi connectivity index (χ1) is 20.8. The van der Waals surface area contributed by atoms with Crippen LogP contribution < -0.4 is 32.4 Å². The maximum Gasteiger partial charge on any atom is 0.252 e. The quantitative estimate of drug-likeness (QED) is 0.208. The van der Waals surface area contributed by atoms with Crippen LogP contribution in [0.2, 0.25) is 0 Å². The Hall–Kier alpha value is -3.15. The molecule has 1 aliphatic heterocycles. The Bertz CT molecular complexity index is 1430. The minimum absolute atomic E-state index is 0.0313. The summed E-state index contributed by atoms with van der Waals surface area (Å²) in [6.45, 7) is 5.24. The number of nitrogens with zero attached hydrogens (tertiary/aromatic N) is 3. The van der Waals surface area contributed by atoms with Gasteiger partial charge in [-0.15, -0.1) is 0 Å². The van der Waals surface area contributed by atoms with E-state index < -0.39 is 0 Å². The van der Waals surface area contributed by atoms with Crippen LogP contribution in [0.5, 0.6) is 5.75 Å². The van der Waals surface area contributed by atoms with E-state index in [1.807, 2.05) is 40.6 Å². The van der Waals surface area contributed by atoms with Gasteiger partial charge in [0.05, 0.1) is 6.54 Å². The van der Waals surface area contributed by atoms with Crippen LogP contribution in [0.3, 0.4) is 0 Å². The number of fused-ring (bicyclic) bond motifs is 1. The molecule has 1 amide bonds. The second kappa shape index (κ2) is 14.5. The van der Waals surface area contributed by atoms with E-state index in [1.54, 1.807) is 18.3 Å². The SMILES string of the molecule is CC1CCC(C(C)n2c(=O)ccc3cnc(Nc4ccc(OCCNC(=O)CCCCC5SCC(N)C5N)cc4)nc32)C1. The van der Waals surface area contributed by atoms with Crippen molar-refractivity contribution in [2.75, 3.05) is 24.2 Å². The standard InChI is InChI=1S/C32H45N7O3S/c1-20-7-8-22(17-20)21(2)39-29(41)14-9-23-18-36-32(38-31(23)39)37-24-10-12-25(13-11-24)42-16-15-35-28(40)6-4-3-5-27-30(34)26(33)19-43-27/h9-14,18,20-22,26-27,30H,3-8,15-17,19,33-34H2,1-2H3,(H,35,40)(H,36,37,38). The maximum atomic E-state index is 12.9. The number of ether oxygens (including phenoxy) is 1. The van der Waals surface area contributed by atoms with Crippen LogP contribution >= 0.6 is 11.8 Å². The zero-order chi connectivity index (χ0) is 30.3. The number of aromatic nitrogens is 3. The van der Waals surface area contributed by atoms with Crippen molar-refractivity contribution in [1.82, 2.24) is 19.9 Å². The minimum atomic E-state index is -0.0313. The van der Waals surface area contributed by atoms with Gasteiger partial charge >= 0.3 is 0 Å². The molecule has 2 fully saturated rings. The van der Waals surface area contributed by atoms with Gasteiger partial charge in [0.25, 0.3) is 5.56 Å². The Morgan fingerprint density at radius 2 is 1.98 bits per heavy atom. The van der Waals surface area contributed by atoms with Crippen LogP contribution in [0, 0.1) is 11.8 Å². The zero-order valence-electron chi connectivity index (χ0n) is 25.2. The largest absolute Gasteiger partial charge is 0.492 e. The molecule has 5 rings (SSSR count). The van der Waals surface area contributed by atoms with Crippen molar-refractivity contribution in [2.24, 2.45) is 23.3 Å². The average Bonchev–Trinajstić information content (AvgIpc) is 3.58. The first-order valence-corrected chi connectivity index (χ1v) is 16.6. The monoisotopic (exact) mass is 607 g/mol. The zero-order valence-corrected chi connectivity index (χ0v) is 26.0. The third kappa shape index (κ3) is 8.07. The number of hydrogen-bond donors (Lipinski definition) is 4. The van der Waals surface area contributed by atoms with E-state index in [0.717, 1.165) is 48.9 Å². The summed E-state index contributed by atoms with van der Waals surface area (Å²) in [5.74, 6) is 3.26. The fourth-order valence-corrected chi connectivity index (χ4v) is 7.69. The molecule has 6 N–H and O–H groups in total. The molecule has 1 saturated heterocycles. The van der Waals surface area contributed by atoms with Gasteiger partial charge in [-0.25, -0.2) is 4.98 Å². The summed E-state index contributed by atoms with van der Waals surface area (Å²) in [6, 6.07) is 11.1. The first-order valence-electron chi connectivity index (χ1n) is 15.6. The molecule has 0 spiro atoms. The maximum absolute atomic E-state index is 12.9. The van der Waals surface area contributed by atoms with E-state index in [2.05, 4.69) is 29.5 Å². The molecule has 10 nitrogen and oxygen atoms in total. The number of thioether (sulfide) groups is 1. The Morgan fingerprint density at radius 3 is 2.70 bits per heavy atom. The lowest BCUT2D eigenvalue weighted by atomic mass is 9.98. The number of nitrogens with two attached hydrogens (primary N) is 2. The van der Waals surface area contributed by atoms with Gasteiger partial charge in [-0.3, -0.25) is 14.2 Å². The van der Waals surface area contributed by atoms with E-state index in [0.29, 0.717) is 54.0 Å². The van der Waals surface area contributed by atoms with E-state index in [9.17, 15) is 9.59 Å². The Kier molecular flexibility index (Phi) is 10.6. The molecule has 11 heteroatoms. The van der Waals surface area contributed by atoms with E-state index in [4.69, 9.17) is 21.2 Å². The van der Waals surface area contributed by atoms with Crippen molar-refractivity contribution < 1.29 is 9.53 Å². The summed E-state index contributed by atoms with van der Waals surface area (Å²) in [7, 11) is 0. The first kappa shape index (κ1) is 31.3. The number of hydrogen-bond acceptors (Lipinski definition) is 9. The van der Waals surface area contributed by atoms with Gasteiger partial charge in [0.15, 0.2) is 0 Å².